The van der Waals surface area contributed by atoms with E-state index >= 15 is 0 Å². The maximum absolute atomic E-state index is 13.4. The fourth-order valence-electron chi connectivity index (χ4n) is 3.29. The lowest BCUT2D eigenvalue weighted by Gasteiger charge is -2.05. The molecular formula is C24H20ClFN4O2. The molecule has 3 aromatic carbocycles. The summed E-state index contributed by atoms with van der Waals surface area (Å²) in [6, 6.07) is 20.7. The monoisotopic (exact) mass is 450 g/mol. The molecule has 4 aromatic rings. The average Bonchev–Trinajstić information content (AvgIpc) is 3.19. The minimum Gasteiger partial charge on any atom is -0.478 e. The van der Waals surface area contributed by atoms with Gasteiger partial charge in [0, 0.05) is 23.7 Å². The molecule has 0 aliphatic rings. The topological polar surface area (TPSA) is 80.0 Å². The molecule has 0 unspecified atom stereocenters. The molecule has 0 bridgehead atoms. The Hall–Kier alpha value is -3.55. The minimum atomic E-state index is -0.949. The highest BCUT2D eigenvalue weighted by molar-refractivity contribution is 6.31. The van der Waals surface area contributed by atoms with Crippen LogP contribution in [0.4, 0.5) is 4.39 Å². The summed E-state index contributed by atoms with van der Waals surface area (Å²) >= 11 is 6.17. The molecular weight excluding hydrogens is 431 g/mol. The number of halogens is 2. The van der Waals surface area contributed by atoms with Gasteiger partial charge in [-0.2, -0.15) is 15.0 Å². The molecule has 0 radical (unpaired) electrons. The van der Waals surface area contributed by atoms with Crippen molar-refractivity contribution in [3.8, 4) is 11.3 Å². The zero-order chi connectivity index (χ0) is 22.5. The number of carboxylic acid groups (broad SMARTS) is 1. The molecule has 0 saturated carbocycles. The Morgan fingerprint density at radius 3 is 2.44 bits per heavy atom. The third kappa shape index (κ3) is 5.19. The van der Waals surface area contributed by atoms with Gasteiger partial charge >= 0.3 is 5.97 Å². The van der Waals surface area contributed by atoms with Gasteiger partial charge in [0.15, 0.2) is 0 Å². The molecule has 1 heterocycles. The SMILES string of the molecule is O=C(O)c1ccc(CNCc2nn(Cc3ccc(F)cc3Cl)nc2-c2ccccc2)cc1. The number of hydrogen-bond acceptors (Lipinski definition) is 4. The van der Waals surface area contributed by atoms with Crippen LogP contribution in [0.3, 0.4) is 0 Å². The van der Waals surface area contributed by atoms with Crippen molar-refractivity contribution in [2.45, 2.75) is 19.6 Å². The van der Waals surface area contributed by atoms with Crippen LogP contribution in [0, 0.1) is 5.82 Å². The third-order valence-corrected chi connectivity index (χ3v) is 5.27. The van der Waals surface area contributed by atoms with Crippen LogP contribution in [0.5, 0.6) is 0 Å². The number of hydrogen-bond donors (Lipinski definition) is 2. The minimum absolute atomic E-state index is 0.252. The van der Waals surface area contributed by atoms with E-state index in [-0.39, 0.29) is 5.56 Å². The van der Waals surface area contributed by atoms with Crippen molar-refractivity contribution in [3.63, 3.8) is 0 Å². The standard InChI is InChI=1S/C24H20ClFN4O2/c25-21-12-20(26)11-10-19(21)15-30-28-22(23(29-30)17-4-2-1-3-5-17)14-27-13-16-6-8-18(9-7-16)24(31)32/h1-12,27H,13-15H2,(H,31,32). The van der Waals surface area contributed by atoms with Gasteiger partial charge in [0.25, 0.3) is 0 Å². The Morgan fingerprint density at radius 2 is 1.75 bits per heavy atom. The molecule has 0 aliphatic heterocycles. The number of benzene rings is 3. The summed E-state index contributed by atoms with van der Waals surface area (Å²) in [5.41, 5.74) is 4.38. The number of rotatable bonds is 8. The van der Waals surface area contributed by atoms with Crippen molar-refractivity contribution in [1.29, 1.82) is 0 Å². The molecule has 6 nitrogen and oxygen atoms in total. The lowest BCUT2D eigenvalue weighted by Crippen LogP contribution is -2.14. The van der Waals surface area contributed by atoms with Gasteiger partial charge in [0.2, 0.25) is 0 Å². The van der Waals surface area contributed by atoms with Gasteiger partial charge in [-0.25, -0.2) is 9.18 Å². The molecule has 2 N–H and O–H groups in total. The van der Waals surface area contributed by atoms with Crippen molar-refractivity contribution >= 4 is 17.6 Å². The molecule has 0 atom stereocenters. The van der Waals surface area contributed by atoms with Gasteiger partial charge in [0.1, 0.15) is 17.2 Å². The fourth-order valence-corrected chi connectivity index (χ4v) is 3.51. The van der Waals surface area contributed by atoms with E-state index in [0.29, 0.717) is 24.7 Å². The van der Waals surface area contributed by atoms with E-state index in [0.717, 1.165) is 28.1 Å². The summed E-state index contributed by atoms with van der Waals surface area (Å²) in [5.74, 6) is -1.34. The van der Waals surface area contributed by atoms with Gasteiger partial charge in [-0.15, -0.1) is 0 Å². The lowest BCUT2D eigenvalue weighted by molar-refractivity contribution is 0.0697. The first-order valence-electron chi connectivity index (χ1n) is 9.96. The Balaban J connectivity index is 1.52. The van der Waals surface area contributed by atoms with Crippen LogP contribution in [0.25, 0.3) is 11.3 Å². The first-order valence-corrected chi connectivity index (χ1v) is 10.3. The normalized spacial score (nSPS) is 10.9. The lowest BCUT2D eigenvalue weighted by atomic mass is 10.1. The second kappa shape index (κ2) is 9.72. The van der Waals surface area contributed by atoms with E-state index in [2.05, 4.69) is 15.5 Å². The fraction of sp³-hybridized carbons (Fsp3) is 0.125. The number of nitrogens with zero attached hydrogens (tertiary/aromatic N) is 3. The Bertz CT molecular complexity index is 1230. The highest BCUT2D eigenvalue weighted by atomic mass is 35.5. The number of nitrogens with one attached hydrogen (secondary N) is 1. The molecule has 0 saturated heterocycles. The van der Waals surface area contributed by atoms with Crippen LogP contribution in [0.15, 0.2) is 72.8 Å². The molecule has 0 amide bonds. The van der Waals surface area contributed by atoms with Gasteiger partial charge < -0.3 is 10.4 Å². The number of aromatic carboxylic acids is 1. The first kappa shape index (κ1) is 21.7. The average molecular weight is 451 g/mol. The maximum Gasteiger partial charge on any atom is 0.335 e. The van der Waals surface area contributed by atoms with E-state index in [1.807, 2.05) is 30.3 Å². The summed E-state index contributed by atoms with van der Waals surface area (Å²) in [6.45, 7) is 1.32. The second-order valence-electron chi connectivity index (χ2n) is 7.23. The van der Waals surface area contributed by atoms with E-state index in [1.54, 1.807) is 35.1 Å². The van der Waals surface area contributed by atoms with Crippen molar-refractivity contribution in [2.75, 3.05) is 0 Å². The number of carboxylic acids is 1. The van der Waals surface area contributed by atoms with Crippen molar-refractivity contribution in [1.82, 2.24) is 20.3 Å². The van der Waals surface area contributed by atoms with E-state index in [9.17, 15) is 9.18 Å². The van der Waals surface area contributed by atoms with Crippen LogP contribution in [-0.2, 0) is 19.6 Å². The highest BCUT2D eigenvalue weighted by Gasteiger charge is 2.14. The maximum atomic E-state index is 13.4. The molecule has 0 spiro atoms. The highest BCUT2D eigenvalue weighted by Crippen LogP contribution is 2.22. The predicted molar refractivity (Wildman–Crippen MR) is 120 cm³/mol. The smallest absolute Gasteiger partial charge is 0.335 e. The Morgan fingerprint density at radius 1 is 1.00 bits per heavy atom. The van der Waals surface area contributed by atoms with Gasteiger partial charge in [0.05, 0.1) is 12.1 Å². The molecule has 0 fully saturated rings. The van der Waals surface area contributed by atoms with Crippen LogP contribution in [0.1, 0.15) is 27.2 Å². The summed E-state index contributed by atoms with van der Waals surface area (Å²) in [5, 5.41) is 21.9. The van der Waals surface area contributed by atoms with Crippen LogP contribution in [0.2, 0.25) is 5.02 Å². The summed E-state index contributed by atoms with van der Waals surface area (Å²) < 4.78 is 13.4. The number of aromatic nitrogens is 3. The zero-order valence-corrected chi connectivity index (χ0v) is 17.8. The van der Waals surface area contributed by atoms with Crippen LogP contribution < -0.4 is 5.32 Å². The quantitative estimate of drug-likeness (QED) is 0.404. The van der Waals surface area contributed by atoms with Gasteiger partial charge in [-0.1, -0.05) is 60.1 Å². The van der Waals surface area contributed by atoms with Crippen molar-refractivity contribution in [2.24, 2.45) is 0 Å². The zero-order valence-electron chi connectivity index (χ0n) is 17.0. The molecule has 4 rings (SSSR count). The van der Waals surface area contributed by atoms with Crippen molar-refractivity contribution < 1.29 is 14.3 Å². The molecule has 162 valence electrons. The molecule has 8 heteroatoms. The van der Waals surface area contributed by atoms with E-state index in [1.165, 1.54) is 12.1 Å². The summed E-state index contributed by atoms with van der Waals surface area (Å²) in [6.07, 6.45) is 0. The van der Waals surface area contributed by atoms with E-state index in [4.69, 9.17) is 16.7 Å². The second-order valence-corrected chi connectivity index (χ2v) is 7.64. The van der Waals surface area contributed by atoms with Crippen LogP contribution >= 0.6 is 11.6 Å². The van der Waals surface area contributed by atoms with Crippen molar-refractivity contribution in [3.05, 3.63) is 106 Å². The third-order valence-electron chi connectivity index (χ3n) is 4.92. The van der Waals surface area contributed by atoms with E-state index < -0.39 is 11.8 Å². The predicted octanol–water partition coefficient (Wildman–Crippen LogP) is 4.77. The summed E-state index contributed by atoms with van der Waals surface area (Å²) in [7, 11) is 0. The molecule has 0 aliphatic carbocycles. The van der Waals surface area contributed by atoms with Crippen LogP contribution in [-0.4, -0.2) is 26.1 Å². The van der Waals surface area contributed by atoms with Gasteiger partial charge in [-0.3, -0.25) is 0 Å². The summed E-state index contributed by atoms with van der Waals surface area (Å²) in [4.78, 5) is 12.6. The number of carbonyl (C=O) groups is 1. The first-order chi connectivity index (χ1) is 15.5. The largest absolute Gasteiger partial charge is 0.478 e. The Labute approximate surface area is 189 Å². The molecule has 1 aromatic heterocycles. The Kier molecular flexibility index (Phi) is 6.58. The molecule has 32 heavy (non-hydrogen) atoms. The van der Waals surface area contributed by atoms with Gasteiger partial charge in [-0.05, 0) is 35.4 Å².